The van der Waals surface area contributed by atoms with Gasteiger partial charge in [-0.05, 0) is 19.8 Å². The molecule has 5 nitrogen and oxygen atoms in total. The third-order valence-corrected chi connectivity index (χ3v) is 4.25. The average molecular weight is 285 g/mol. The normalized spacial score (nSPS) is 17.8. The van der Waals surface area contributed by atoms with Gasteiger partial charge in [-0.2, -0.15) is 0 Å². The van der Waals surface area contributed by atoms with E-state index < -0.39 is 0 Å². The first-order chi connectivity index (χ1) is 9.65. The van der Waals surface area contributed by atoms with Crippen molar-refractivity contribution < 1.29 is 9.53 Å². The Labute approximate surface area is 123 Å². The monoisotopic (exact) mass is 285 g/mol. The molecule has 5 heteroatoms. The first-order valence-electron chi connectivity index (χ1n) is 7.89. The molecule has 1 unspecified atom stereocenters. The van der Waals surface area contributed by atoms with Crippen molar-refractivity contribution in [2.45, 2.75) is 45.7 Å². The summed E-state index contributed by atoms with van der Waals surface area (Å²) in [6.07, 6.45) is 2.14. The summed E-state index contributed by atoms with van der Waals surface area (Å²) < 4.78 is 5.21. The van der Waals surface area contributed by atoms with Gasteiger partial charge in [0.15, 0.2) is 0 Å². The van der Waals surface area contributed by atoms with Crippen LogP contribution in [-0.2, 0) is 9.53 Å². The maximum Gasteiger partial charge on any atom is 0.239 e. The van der Waals surface area contributed by atoms with Crippen LogP contribution in [0.1, 0.15) is 33.6 Å². The quantitative estimate of drug-likeness (QED) is 0.721. The lowest BCUT2D eigenvalue weighted by Crippen LogP contribution is -2.55. The Bertz CT molecular complexity index is 276. The summed E-state index contributed by atoms with van der Waals surface area (Å²) in [4.78, 5) is 17.0. The SMILES string of the molecule is CCC(CC)N(CCOC)C(C)C(=O)N1CCNCC1. The van der Waals surface area contributed by atoms with Crippen LogP contribution in [0.2, 0.25) is 0 Å². The van der Waals surface area contributed by atoms with Gasteiger partial charge in [-0.15, -0.1) is 0 Å². The molecule has 1 amide bonds. The Morgan fingerprint density at radius 2 is 1.90 bits per heavy atom. The van der Waals surface area contributed by atoms with Gasteiger partial charge >= 0.3 is 0 Å². The number of ether oxygens (including phenoxy) is 1. The highest BCUT2D eigenvalue weighted by atomic mass is 16.5. The molecule has 0 radical (unpaired) electrons. The molecule has 118 valence electrons. The molecule has 0 aliphatic carbocycles. The molecule has 20 heavy (non-hydrogen) atoms. The zero-order chi connectivity index (χ0) is 15.0. The van der Waals surface area contributed by atoms with Crippen LogP contribution < -0.4 is 5.32 Å². The average Bonchev–Trinajstić information content (AvgIpc) is 2.51. The number of nitrogens with one attached hydrogen (secondary N) is 1. The van der Waals surface area contributed by atoms with Crippen LogP contribution in [-0.4, -0.2) is 74.2 Å². The first-order valence-corrected chi connectivity index (χ1v) is 7.89. The summed E-state index contributed by atoms with van der Waals surface area (Å²) in [5.74, 6) is 0.259. The van der Waals surface area contributed by atoms with Crippen LogP contribution in [0.4, 0.5) is 0 Å². The molecule has 1 atom stereocenters. The number of rotatable bonds is 8. The van der Waals surface area contributed by atoms with Crippen molar-refractivity contribution in [3.8, 4) is 0 Å². The van der Waals surface area contributed by atoms with Crippen LogP contribution >= 0.6 is 0 Å². The second-order valence-corrected chi connectivity index (χ2v) is 5.45. The fourth-order valence-corrected chi connectivity index (χ4v) is 2.94. The van der Waals surface area contributed by atoms with Crippen LogP contribution in [0.25, 0.3) is 0 Å². The number of carbonyl (C=O) groups is 1. The third kappa shape index (κ3) is 4.72. The molecule has 1 aliphatic heterocycles. The van der Waals surface area contributed by atoms with E-state index in [4.69, 9.17) is 4.74 Å². The molecule has 1 aliphatic rings. The second-order valence-electron chi connectivity index (χ2n) is 5.45. The number of carbonyl (C=O) groups excluding carboxylic acids is 1. The third-order valence-electron chi connectivity index (χ3n) is 4.25. The van der Waals surface area contributed by atoms with E-state index in [0.717, 1.165) is 45.6 Å². The number of hydrogen-bond acceptors (Lipinski definition) is 4. The fourth-order valence-electron chi connectivity index (χ4n) is 2.94. The molecular weight excluding hydrogens is 254 g/mol. The van der Waals surface area contributed by atoms with Gasteiger partial charge < -0.3 is 15.0 Å². The Kier molecular flexibility index (Phi) is 8.11. The van der Waals surface area contributed by atoms with Gasteiger partial charge in [-0.25, -0.2) is 0 Å². The van der Waals surface area contributed by atoms with Gasteiger partial charge in [0, 0.05) is 45.9 Å². The molecule has 0 spiro atoms. The highest BCUT2D eigenvalue weighted by molar-refractivity contribution is 5.81. The number of piperazine rings is 1. The molecule has 0 aromatic carbocycles. The van der Waals surface area contributed by atoms with Gasteiger partial charge in [-0.3, -0.25) is 9.69 Å². The van der Waals surface area contributed by atoms with E-state index in [9.17, 15) is 4.79 Å². The lowest BCUT2D eigenvalue weighted by atomic mass is 10.1. The van der Waals surface area contributed by atoms with E-state index >= 15 is 0 Å². The van der Waals surface area contributed by atoms with Crippen LogP contribution in [0.5, 0.6) is 0 Å². The van der Waals surface area contributed by atoms with Crippen molar-refractivity contribution in [2.24, 2.45) is 0 Å². The maximum atomic E-state index is 12.7. The minimum Gasteiger partial charge on any atom is -0.383 e. The zero-order valence-corrected chi connectivity index (χ0v) is 13.5. The van der Waals surface area contributed by atoms with Gasteiger partial charge in [0.25, 0.3) is 0 Å². The first kappa shape index (κ1) is 17.4. The molecular formula is C15H31N3O2. The minimum absolute atomic E-state index is 0.0619. The molecule has 1 N–H and O–H groups in total. The Morgan fingerprint density at radius 3 is 2.40 bits per heavy atom. The Morgan fingerprint density at radius 1 is 1.30 bits per heavy atom. The topological polar surface area (TPSA) is 44.8 Å². The summed E-state index contributed by atoms with van der Waals surface area (Å²) in [5, 5.41) is 3.29. The lowest BCUT2D eigenvalue weighted by Gasteiger charge is -2.38. The summed E-state index contributed by atoms with van der Waals surface area (Å²) in [6, 6.07) is 0.389. The fraction of sp³-hybridized carbons (Fsp3) is 0.933. The van der Waals surface area contributed by atoms with Crippen molar-refractivity contribution in [2.75, 3.05) is 46.4 Å². The van der Waals surface area contributed by atoms with E-state index in [-0.39, 0.29) is 11.9 Å². The predicted octanol–water partition coefficient (Wildman–Crippen LogP) is 0.944. The maximum absolute atomic E-state index is 12.7. The van der Waals surface area contributed by atoms with Gasteiger partial charge in [-0.1, -0.05) is 13.8 Å². The summed E-state index contributed by atoms with van der Waals surface area (Å²) >= 11 is 0. The van der Waals surface area contributed by atoms with E-state index in [2.05, 4.69) is 24.1 Å². The zero-order valence-electron chi connectivity index (χ0n) is 13.5. The molecule has 1 heterocycles. The Hall–Kier alpha value is -0.650. The minimum atomic E-state index is -0.0619. The molecule has 1 rings (SSSR count). The summed E-state index contributed by atoms with van der Waals surface area (Å²) in [6.45, 7) is 11.4. The van der Waals surface area contributed by atoms with E-state index in [1.54, 1.807) is 7.11 Å². The number of nitrogens with zero attached hydrogens (tertiary/aromatic N) is 2. The van der Waals surface area contributed by atoms with Gasteiger partial charge in [0.05, 0.1) is 12.6 Å². The van der Waals surface area contributed by atoms with Crippen LogP contribution in [0.3, 0.4) is 0 Å². The summed E-state index contributed by atoms with van der Waals surface area (Å²) in [5.41, 5.74) is 0. The molecule has 0 bridgehead atoms. The highest BCUT2D eigenvalue weighted by Gasteiger charge is 2.29. The van der Waals surface area contributed by atoms with Crippen molar-refractivity contribution in [3.63, 3.8) is 0 Å². The lowest BCUT2D eigenvalue weighted by molar-refractivity contribution is -0.138. The van der Waals surface area contributed by atoms with Crippen molar-refractivity contribution in [1.82, 2.24) is 15.1 Å². The summed E-state index contributed by atoms with van der Waals surface area (Å²) in [7, 11) is 1.72. The standard InChI is InChI=1S/C15H31N3O2/c1-5-14(6-2)18(11-12-20-4)13(3)15(19)17-9-7-16-8-10-17/h13-14,16H,5-12H2,1-4H3. The molecule has 1 saturated heterocycles. The van der Waals surface area contributed by atoms with Gasteiger partial charge in [0.1, 0.15) is 0 Å². The smallest absolute Gasteiger partial charge is 0.239 e. The van der Waals surface area contributed by atoms with E-state index in [0.29, 0.717) is 12.6 Å². The number of methoxy groups -OCH3 is 1. The molecule has 0 aromatic heterocycles. The van der Waals surface area contributed by atoms with Crippen LogP contribution in [0.15, 0.2) is 0 Å². The molecule has 0 saturated carbocycles. The van der Waals surface area contributed by atoms with Gasteiger partial charge in [0.2, 0.25) is 5.91 Å². The van der Waals surface area contributed by atoms with E-state index in [1.165, 1.54) is 0 Å². The van der Waals surface area contributed by atoms with Crippen molar-refractivity contribution in [3.05, 3.63) is 0 Å². The Balaban J connectivity index is 2.68. The predicted molar refractivity (Wildman–Crippen MR) is 81.9 cm³/mol. The molecule has 0 aromatic rings. The van der Waals surface area contributed by atoms with Crippen molar-refractivity contribution >= 4 is 5.91 Å². The van der Waals surface area contributed by atoms with Crippen molar-refractivity contribution in [1.29, 1.82) is 0 Å². The van der Waals surface area contributed by atoms with Crippen LogP contribution in [0, 0.1) is 0 Å². The van der Waals surface area contributed by atoms with E-state index in [1.807, 2.05) is 11.8 Å². The second kappa shape index (κ2) is 9.32. The molecule has 1 fully saturated rings. The number of hydrogen-bond donors (Lipinski definition) is 1. The highest BCUT2D eigenvalue weighted by Crippen LogP contribution is 2.14. The largest absolute Gasteiger partial charge is 0.383 e. The number of amides is 1.